The summed E-state index contributed by atoms with van der Waals surface area (Å²) in [6.07, 6.45) is 0. The molecule has 0 radical (unpaired) electrons. The molecule has 13 rings (SSSR count). The summed E-state index contributed by atoms with van der Waals surface area (Å²) in [5.41, 5.74) is 22.4. The zero-order chi connectivity index (χ0) is 29.4. The molecule has 0 bridgehead atoms. The average molecular weight is 576 g/mol. The highest BCUT2D eigenvalue weighted by Crippen LogP contribution is 2.52. The molecule has 4 aliphatic rings. The van der Waals surface area contributed by atoms with Gasteiger partial charge in [-0.3, -0.25) is 0 Å². The maximum absolute atomic E-state index is 2.68. The molecule has 2 aromatic heterocycles. The molecule has 0 spiro atoms. The first-order valence-electron chi connectivity index (χ1n) is 16.4. The van der Waals surface area contributed by atoms with Gasteiger partial charge in [0.2, 0.25) is 0 Å². The molecule has 7 aromatic carbocycles. The molecule has 0 atom stereocenters. The van der Waals surface area contributed by atoms with Crippen molar-refractivity contribution < 1.29 is 0 Å². The first kappa shape index (κ1) is 22.7. The molecule has 2 nitrogen and oxygen atoms in total. The van der Waals surface area contributed by atoms with Gasteiger partial charge >= 0.3 is 13.7 Å². The Kier molecular flexibility index (Phi) is 3.65. The molecule has 0 aliphatic carbocycles. The van der Waals surface area contributed by atoms with Gasteiger partial charge in [-0.2, -0.15) is 0 Å². The number of hydrogen-bond donors (Lipinski definition) is 0. The van der Waals surface area contributed by atoms with E-state index in [4.69, 9.17) is 0 Å². The van der Waals surface area contributed by atoms with Crippen LogP contribution in [0.4, 0.5) is 0 Å². The number of hydrogen-bond acceptors (Lipinski definition) is 0. The molecule has 0 saturated heterocycles. The minimum Gasteiger partial charge on any atom is -0.375 e. The smallest absolute Gasteiger partial charge is 0.330 e. The summed E-state index contributed by atoms with van der Waals surface area (Å²) in [4.78, 5) is 0. The van der Waals surface area contributed by atoms with Gasteiger partial charge in [-0.15, -0.1) is 0 Å². The standard InChI is InChI=1S/C42H22B2N2/c1-5-19-31-27(13-1)35-36-28-14-2-6-20-32(28)44-40(36)38(30-18-10-16-26-24-12-4-8-22-34(24)46(44)42(26)30)37-29-17-9-15-25-23-11-3-7-21-33(23)45(41(25)29)43(31)39(35)37/h1-22H. The lowest BCUT2D eigenvalue weighted by Gasteiger charge is -2.33. The van der Waals surface area contributed by atoms with E-state index in [0.29, 0.717) is 0 Å². The monoisotopic (exact) mass is 576 g/mol. The summed E-state index contributed by atoms with van der Waals surface area (Å²) in [5, 5.41) is 5.37. The molecule has 0 unspecified atom stereocenters. The van der Waals surface area contributed by atoms with E-state index in [-0.39, 0.29) is 13.7 Å². The lowest BCUT2D eigenvalue weighted by Crippen LogP contribution is -2.51. The predicted octanol–water partition coefficient (Wildman–Crippen LogP) is 7.13. The first-order chi connectivity index (χ1) is 22.9. The van der Waals surface area contributed by atoms with Gasteiger partial charge < -0.3 is 8.96 Å². The Morgan fingerprint density at radius 3 is 1.20 bits per heavy atom. The minimum atomic E-state index is 0.123. The predicted molar refractivity (Wildman–Crippen MR) is 195 cm³/mol. The zero-order valence-electron chi connectivity index (χ0n) is 24.8. The van der Waals surface area contributed by atoms with E-state index in [1.165, 1.54) is 110 Å². The summed E-state index contributed by atoms with van der Waals surface area (Å²) in [6, 6.07) is 50.6. The van der Waals surface area contributed by atoms with E-state index in [1.54, 1.807) is 0 Å². The highest BCUT2D eigenvalue weighted by Gasteiger charge is 2.50. The Balaban J connectivity index is 1.35. The van der Waals surface area contributed by atoms with Gasteiger partial charge in [0.1, 0.15) is 0 Å². The van der Waals surface area contributed by atoms with Crippen LogP contribution in [0, 0.1) is 0 Å². The van der Waals surface area contributed by atoms with Crippen LogP contribution in [0.5, 0.6) is 0 Å². The second-order valence-corrected chi connectivity index (χ2v) is 13.5. The number of nitrogens with zero attached hydrogens (tertiary/aromatic N) is 2. The topological polar surface area (TPSA) is 9.86 Å². The Bertz CT molecular complexity index is 2740. The summed E-state index contributed by atoms with van der Waals surface area (Å²) >= 11 is 0. The molecule has 0 amide bonds. The molecular weight excluding hydrogens is 554 g/mol. The molecule has 6 heterocycles. The maximum atomic E-state index is 2.68. The van der Waals surface area contributed by atoms with Crippen molar-refractivity contribution in [2.24, 2.45) is 0 Å². The summed E-state index contributed by atoms with van der Waals surface area (Å²) in [6.45, 7) is 0.247. The fourth-order valence-corrected chi connectivity index (χ4v) is 10.3. The van der Waals surface area contributed by atoms with E-state index in [2.05, 4.69) is 142 Å². The number of benzene rings is 7. The highest BCUT2D eigenvalue weighted by atomic mass is 14.9. The van der Waals surface area contributed by atoms with Gasteiger partial charge in [-0.05, 0) is 67.4 Å². The van der Waals surface area contributed by atoms with Crippen molar-refractivity contribution in [3.05, 3.63) is 133 Å². The van der Waals surface area contributed by atoms with Crippen molar-refractivity contribution in [2.45, 2.75) is 0 Å². The minimum absolute atomic E-state index is 0.123. The number of para-hydroxylation sites is 4. The van der Waals surface area contributed by atoms with Gasteiger partial charge in [0.15, 0.2) is 0 Å². The van der Waals surface area contributed by atoms with E-state index in [0.717, 1.165) is 0 Å². The molecular formula is C42H22B2N2. The lowest BCUT2D eigenvalue weighted by molar-refractivity contribution is 1.32. The van der Waals surface area contributed by atoms with Crippen LogP contribution in [0.2, 0.25) is 0 Å². The van der Waals surface area contributed by atoms with Crippen LogP contribution in [0.1, 0.15) is 0 Å². The Labute approximate surface area is 265 Å². The quantitative estimate of drug-likeness (QED) is 0.170. The molecule has 9 aromatic rings. The second kappa shape index (κ2) is 7.38. The van der Waals surface area contributed by atoms with Crippen molar-refractivity contribution in [3.8, 4) is 44.5 Å². The molecule has 0 fully saturated rings. The number of aromatic nitrogens is 2. The summed E-state index contributed by atoms with van der Waals surface area (Å²) in [7, 11) is 0. The van der Waals surface area contributed by atoms with E-state index in [9.17, 15) is 0 Å². The molecule has 46 heavy (non-hydrogen) atoms. The average Bonchev–Trinajstić information content (AvgIpc) is 3.83. The third kappa shape index (κ3) is 2.23. The number of rotatable bonds is 0. The van der Waals surface area contributed by atoms with Crippen LogP contribution in [0.25, 0.3) is 88.1 Å². The van der Waals surface area contributed by atoms with Crippen LogP contribution in [-0.4, -0.2) is 22.7 Å². The first-order valence-corrected chi connectivity index (χ1v) is 16.4. The maximum Gasteiger partial charge on any atom is 0.330 e. The molecule has 0 N–H and O–H groups in total. The van der Waals surface area contributed by atoms with E-state index >= 15 is 0 Å². The van der Waals surface area contributed by atoms with Crippen LogP contribution in [0.3, 0.4) is 0 Å². The Morgan fingerprint density at radius 2 is 0.696 bits per heavy atom. The molecule has 0 saturated carbocycles. The van der Waals surface area contributed by atoms with Gasteiger partial charge in [-0.25, -0.2) is 0 Å². The zero-order valence-corrected chi connectivity index (χ0v) is 24.8. The largest absolute Gasteiger partial charge is 0.375 e. The van der Waals surface area contributed by atoms with E-state index < -0.39 is 0 Å². The van der Waals surface area contributed by atoms with Crippen molar-refractivity contribution in [2.75, 3.05) is 0 Å². The van der Waals surface area contributed by atoms with Crippen LogP contribution in [-0.2, 0) is 0 Å². The normalized spacial score (nSPS) is 14.0. The summed E-state index contributed by atoms with van der Waals surface area (Å²) < 4.78 is 5.35. The fraction of sp³-hybridized carbons (Fsp3) is 0. The molecule has 4 aliphatic heterocycles. The van der Waals surface area contributed by atoms with Crippen LogP contribution < -0.4 is 21.9 Å². The number of fused-ring (bicyclic) bond motifs is 18. The highest BCUT2D eigenvalue weighted by molar-refractivity contribution is 6.95. The third-order valence-electron chi connectivity index (χ3n) is 11.7. The van der Waals surface area contributed by atoms with Gasteiger partial charge in [0.25, 0.3) is 0 Å². The fourth-order valence-electron chi connectivity index (χ4n) is 10.3. The van der Waals surface area contributed by atoms with Crippen molar-refractivity contribution in [1.29, 1.82) is 0 Å². The lowest BCUT2D eigenvalue weighted by atomic mass is 9.46. The van der Waals surface area contributed by atoms with Crippen molar-refractivity contribution in [1.82, 2.24) is 8.96 Å². The van der Waals surface area contributed by atoms with Crippen molar-refractivity contribution in [3.63, 3.8) is 0 Å². The molecule has 206 valence electrons. The van der Waals surface area contributed by atoms with Gasteiger partial charge in [0.05, 0.1) is 0 Å². The van der Waals surface area contributed by atoms with Crippen LogP contribution >= 0.6 is 0 Å². The third-order valence-corrected chi connectivity index (χ3v) is 11.7. The van der Waals surface area contributed by atoms with Gasteiger partial charge in [-0.1, -0.05) is 121 Å². The van der Waals surface area contributed by atoms with Crippen LogP contribution in [0.15, 0.2) is 133 Å². The SMILES string of the molecule is c1ccc2c(c1)B1c3c-2c2c4c(c3-c3cccc5c6ccccc6n1c35)-c1cccc3c5ccccc5n(c13)B4c1ccccc1-2. The van der Waals surface area contributed by atoms with Crippen molar-refractivity contribution >= 4 is 79.2 Å². The molecule has 4 heteroatoms. The van der Waals surface area contributed by atoms with Gasteiger partial charge in [0, 0.05) is 54.7 Å². The summed E-state index contributed by atoms with van der Waals surface area (Å²) in [5.74, 6) is 0. The Hall–Kier alpha value is -5.73. The van der Waals surface area contributed by atoms with E-state index in [1.807, 2.05) is 0 Å². The Morgan fingerprint density at radius 1 is 0.326 bits per heavy atom. The second-order valence-electron chi connectivity index (χ2n) is 13.5.